The highest BCUT2D eigenvalue weighted by molar-refractivity contribution is 7.17. The Labute approximate surface area is 174 Å². The number of piperidine rings is 1. The summed E-state index contributed by atoms with van der Waals surface area (Å²) in [7, 11) is 0. The first-order chi connectivity index (χ1) is 13.8. The van der Waals surface area contributed by atoms with Gasteiger partial charge in [-0.25, -0.2) is 0 Å². The van der Waals surface area contributed by atoms with Gasteiger partial charge in [-0.1, -0.05) is 11.3 Å². The van der Waals surface area contributed by atoms with E-state index in [1.807, 2.05) is 0 Å². The van der Waals surface area contributed by atoms with Gasteiger partial charge >= 0.3 is 5.00 Å². The normalized spacial score (nSPS) is 19.5. The van der Waals surface area contributed by atoms with Crippen molar-refractivity contribution in [1.82, 2.24) is 20.0 Å². The highest BCUT2D eigenvalue weighted by Gasteiger charge is 2.27. The van der Waals surface area contributed by atoms with Gasteiger partial charge in [0.2, 0.25) is 5.91 Å². The van der Waals surface area contributed by atoms with E-state index in [2.05, 4.69) is 29.0 Å². The number of piperazine rings is 1. The third-order valence-electron chi connectivity index (χ3n) is 5.63. The molecule has 1 aromatic heterocycles. The van der Waals surface area contributed by atoms with E-state index in [1.165, 1.54) is 12.1 Å². The SMILES string of the molecule is CC(C)N1CCC(NC(=O)CN2CCN(C(=O)c3ccc([N+](=O)[O-])s3)CC2)CC1. The fourth-order valence-corrected chi connectivity index (χ4v) is 4.63. The Hall–Kier alpha value is -2.04. The maximum atomic E-state index is 12.5. The minimum absolute atomic E-state index is 0.0251. The van der Waals surface area contributed by atoms with Crippen molar-refractivity contribution in [3.63, 3.8) is 0 Å². The second kappa shape index (κ2) is 9.64. The molecule has 0 aliphatic carbocycles. The van der Waals surface area contributed by atoms with Crippen molar-refractivity contribution >= 4 is 28.2 Å². The Balaban J connectivity index is 1.39. The van der Waals surface area contributed by atoms with E-state index in [-0.39, 0.29) is 22.9 Å². The summed E-state index contributed by atoms with van der Waals surface area (Å²) in [5, 5.41) is 13.9. The fraction of sp³-hybridized carbons (Fsp3) is 0.684. The van der Waals surface area contributed by atoms with E-state index >= 15 is 0 Å². The van der Waals surface area contributed by atoms with Crippen LogP contribution in [0.15, 0.2) is 12.1 Å². The molecule has 0 radical (unpaired) electrons. The van der Waals surface area contributed by atoms with Crippen LogP contribution in [-0.4, -0.2) is 89.3 Å². The zero-order valence-corrected chi connectivity index (χ0v) is 17.8. The summed E-state index contributed by atoms with van der Waals surface area (Å²) in [6, 6.07) is 3.67. The largest absolute Gasteiger partial charge is 0.352 e. The van der Waals surface area contributed by atoms with E-state index < -0.39 is 4.92 Å². The second-order valence-corrected chi connectivity index (χ2v) is 9.00. The van der Waals surface area contributed by atoms with Crippen LogP contribution in [0.3, 0.4) is 0 Å². The maximum absolute atomic E-state index is 12.5. The van der Waals surface area contributed by atoms with Crippen LogP contribution in [0.25, 0.3) is 0 Å². The molecule has 3 rings (SSSR count). The van der Waals surface area contributed by atoms with Crippen LogP contribution in [0.5, 0.6) is 0 Å². The topological polar surface area (TPSA) is 99.0 Å². The summed E-state index contributed by atoms with van der Waals surface area (Å²) < 4.78 is 0. The number of thiophene rings is 1. The molecule has 0 unspecified atom stereocenters. The molecule has 0 atom stereocenters. The summed E-state index contributed by atoms with van der Waals surface area (Å²) in [5.74, 6) is -0.134. The summed E-state index contributed by atoms with van der Waals surface area (Å²) in [4.78, 5) is 41.8. The van der Waals surface area contributed by atoms with Crippen LogP contribution in [0.1, 0.15) is 36.4 Å². The Morgan fingerprint density at radius 3 is 2.38 bits per heavy atom. The molecule has 1 aromatic rings. The highest BCUT2D eigenvalue weighted by atomic mass is 32.1. The molecular formula is C19H29N5O4S. The van der Waals surface area contributed by atoms with Crippen molar-refractivity contribution in [1.29, 1.82) is 0 Å². The molecule has 2 fully saturated rings. The predicted octanol–water partition coefficient (Wildman–Crippen LogP) is 1.40. The van der Waals surface area contributed by atoms with E-state index in [4.69, 9.17) is 0 Å². The molecule has 0 bridgehead atoms. The molecule has 0 aromatic carbocycles. The Kier molecular flexibility index (Phi) is 7.20. The van der Waals surface area contributed by atoms with Gasteiger partial charge in [0.1, 0.15) is 0 Å². The van der Waals surface area contributed by atoms with Crippen LogP contribution >= 0.6 is 11.3 Å². The molecule has 9 nitrogen and oxygen atoms in total. The Bertz CT molecular complexity index is 737. The number of nitrogens with one attached hydrogen (secondary N) is 1. The lowest BCUT2D eigenvalue weighted by molar-refractivity contribution is -0.380. The van der Waals surface area contributed by atoms with Gasteiger partial charge in [0, 0.05) is 57.4 Å². The Morgan fingerprint density at radius 2 is 1.83 bits per heavy atom. The van der Waals surface area contributed by atoms with Crippen LogP contribution in [-0.2, 0) is 4.79 Å². The minimum atomic E-state index is -0.481. The second-order valence-electron chi connectivity index (χ2n) is 7.93. The number of hydrogen-bond donors (Lipinski definition) is 1. The molecule has 2 aliphatic heterocycles. The van der Waals surface area contributed by atoms with Gasteiger partial charge in [-0.15, -0.1) is 0 Å². The van der Waals surface area contributed by atoms with Crippen molar-refractivity contribution < 1.29 is 14.5 Å². The van der Waals surface area contributed by atoms with Crippen molar-refractivity contribution in [2.45, 2.75) is 38.8 Å². The number of nitro groups is 1. The third-order valence-corrected chi connectivity index (χ3v) is 6.66. The van der Waals surface area contributed by atoms with Crippen molar-refractivity contribution in [3.8, 4) is 0 Å². The van der Waals surface area contributed by atoms with Gasteiger partial charge < -0.3 is 15.1 Å². The molecule has 0 saturated carbocycles. The lowest BCUT2D eigenvalue weighted by Gasteiger charge is -2.36. The summed E-state index contributed by atoms with van der Waals surface area (Å²) in [6.07, 6.45) is 1.97. The zero-order valence-electron chi connectivity index (χ0n) is 17.0. The molecule has 2 aliphatic rings. The van der Waals surface area contributed by atoms with E-state index in [0.717, 1.165) is 37.3 Å². The standard InChI is InChI=1S/C19H29N5O4S/c1-14(2)22-7-5-15(6-8-22)20-17(25)13-21-9-11-23(12-10-21)19(26)16-3-4-18(29-16)24(27)28/h3-4,14-15H,5-13H2,1-2H3,(H,20,25). The first kappa shape index (κ1) is 21.7. The summed E-state index contributed by atoms with van der Waals surface area (Å²) >= 11 is 0.904. The van der Waals surface area contributed by atoms with E-state index in [1.54, 1.807) is 4.90 Å². The van der Waals surface area contributed by atoms with Gasteiger partial charge in [0.05, 0.1) is 16.3 Å². The lowest BCUT2D eigenvalue weighted by atomic mass is 10.0. The number of rotatable bonds is 6. The molecule has 29 heavy (non-hydrogen) atoms. The average Bonchev–Trinajstić information content (AvgIpc) is 3.19. The van der Waals surface area contributed by atoms with Gasteiger partial charge in [-0.2, -0.15) is 0 Å². The number of hydrogen-bond acceptors (Lipinski definition) is 7. The minimum Gasteiger partial charge on any atom is -0.352 e. The summed E-state index contributed by atoms with van der Waals surface area (Å²) in [6.45, 7) is 9.06. The van der Waals surface area contributed by atoms with Crippen molar-refractivity contribution in [2.75, 3.05) is 45.8 Å². The van der Waals surface area contributed by atoms with Gasteiger partial charge in [0.25, 0.3) is 5.91 Å². The first-order valence-electron chi connectivity index (χ1n) is 10.1. The van der Waals surface area contributed by atoms with Crippen LogP contribution in [0.4, 0.5) is 5.00 Å². The number of nitrogens with zero attached hydrogens (tertiary/aromatic N) is 4. The maximum Gasteiger partial charge on any atom is 0.324 e. The van der Waals surface area contributed by atoms with Gasteiger partial charge in [0.15, 0.2) is 0 Å². The van der Waals surface area contributed by atoms with Gasteiger partial charge in [-0.05, 0) is 32.8 Å². The van der Waals surface area contributed by atoms with Crippen molar-refractivity contribution in [3.05, 3.63) is 27.1 Å². The quantitative estimate of drug-likeness (QED) is 0.549. The van der Waals surface area contributed by atoms with E-state index in [9.17, 15) is 19.7 Å². The third kappa shape index (κ3) is 5.74. The molecule has 3 heterocycles. The summed E-state index contributed by atoms with van der Waals surface area (Å²) in [5.41, 5.74) is 0. The molecule has 1 N–H and O–H groups in total. The number of likely N-dealkylation sites (tertiary alicyclic amines) is 1. The highest BCUT2D eigenvalue weighted by Crippen LogP contribution is 2.25. The monoisotopic (exact) mass is 423 g/mol. The van der Waals surface area contributed by atoms with Gasteiger partial charge in [-0.3, -0.25) is 24.6 Å². The van der Waals surface area contributed by atoms with E-state index in [0.29, 0.717) is 43.6 Å². The zero-order chi connectivity index (χ0) is 21.0. The molecule has 10 heteroatoms. The molecular weight excluding hydrogens is 394 g/mol. The Morgan fingerprint density at radius 1 is 1.17 bits per heavy atom. The van der Waals surface area contributed by atoms with Crippen LogP contribution in [0, 0.1) is 10.1 Å². The molecule has 2 amide bonds. The van der Waals surface area contributed by atoms with Crippen LogP contribution < -0.4 is 5.32 Å². The number of carbonyl (C=O) groups is 2. The van der Waals surface area contributed by atoms with Crippen molar-refractivity contribution in [2.24, 2.45) is 0 Å². The fourth-order valence-electron chi connectivity index (χ4n) is 3.84. The number of amides is 2. The predicted molar refractivity (Wildman–Crippen MR) is 111 cm³/mol. The lowest BCUT2D eigenvalue weighted by Crippen LogP contribution is -2.53. The molecule has 0 spiro atoms. The smallest absolute Gasteiger partial charge is 0.324 e. The number of carbonyl (C=O) groups excluding carboxylic acids is 2. The molecule has 160 valence electrons. The first-order valence-corrected chi connectivity index (χ1v) is 10.9. The molecule has 2 saturated heterocycles. The average molecular weight is 424 g/mol. The van der Waals surface area contributed by atoms with Crippen LogP contribution in [0.2, 0.25) is 0 Å².